The summed E-state index contributed by atoms with van der Waals surface area (Å²) in [7, 11) is 1.47. The van der Waals surface area contributed by atoms with Gasteiger partial charge in [-0.15, -0.1) is 5.10 Å². The van der Waals surface area contributed by atoms with Gasteiger partial charge in [0.25, 0.3) is 0 Å². The van der Waals surface area contributed by atoms with E-state index in [0.29, 0.717) is 33.7 Å². The summed E-state index contributed by atoms with van der Waals surface area (Å²) in [5.74, 6) is -0.993. The topological polar surface area (TPSA) is 91.2 Å². The molecule has 3 rings (SSSR count). The van der Waals surface area contributed by atoms with Crippen molar-refractivity contribution in [2.75, 3.05) is 7.11 Å². The standard InChI is InChI=1S/C25H22N2O4/c1-17(20-13-14-22(31-2)21(15-20)16-23(28)29)26-27-24(18-9-5-3-6-10-18)25(30)19-11-7-4-8-12-19/h3-15H,16H2,1-2H3,(H,28,29)/p-1/b26-17-,27-24-. The Bertz CT molecular complexity index is 1140. The lowest BCUT2D eigenvalue weighted by Crippen LogP contribution is -2.24. The summed E-state index contributed by atoms with van der Waals surface area (Å²) in [5, 5.41) is 19.6. The number of carboxylic acid groups (broad SMARTS) is 1. The zero-order valence-electron chi connectivity index (χ0n) is 17.2. The van der Waals surface area contributed by atoms with Gasteiger partial charge in [0.2, 0.25) is 5.78 Å². The minimum atomic E-state index is -1.21. The number of nitrogens with zero attached hydrogens (tertiary/aromatic N) is 2. The van der Waals surface area contributed by atoms with Gasteiger partial charge in [-0.1, -0.05) is 60.7 Å². The summed E-state index contributed by atoms with van der Waals surface area (Å²) in [4.78, 5) is 24.1. The predicted molar refractivity (Wildman–Crippen MR) is 118 cm³/mol. The second-order valence-corrected chi connectivity index (χ2v) is 6.77. The van der Waals surface area contributed by atoms with Gasteiger partial charge in [0.15, 0.2) is 0 Å². The first kappa shape index (κ1) is 21.6. The highest BCUT2D eigenvalue weighted by Crippen LogP contribution is 2.21. The number of rotatable bonds is 8. The molecular weight excluding hydrogens is 392 g/mol. The van der Waals surface area contributed by atoms with E-state index in [0.717, 1.165) is 0 Å². The largest absolute Gasteiger partial charge is 0.550 e. The summed E-state index contributed by atoms with van der Waals surface area (Å²) < 4.78 is 5.21. The number of hydrogen-bond acceptors (Lipinski definition) is 6. The van der Waals surface area contributed by atoms with Crippen LogP contribution < -0.4 is 9.84 Å². The molecule has 31 heavy (non-hydrogen) atoms. The summed E-state index contributed by atoms with van der Waals surface area (Å²) in [5.41, 5.74) is 3.05. The van der Waals surface area contributed by atoms with E-state index in [9.17, 15) is 14.7 Å². The third-order valence-electron chi connectivity index (χ3n) is 4.63. The second-order valence-electron chi connectivity index (χ2n) is 6.77. The number of carbonyl (C=O) groups excluding carboxylic acids is 2. The Hall–Kier alpha value is -4.06. The van der Waals surface area contributed by atoms with E-state index in [1.807, 2.05) is 24.3 Å². The minimum Gasteiger partial charge on any atom is -0.550 e. The van der Waals surface area contributed by atoms with E-state index in [1.165, 1.54) is 7.11 Å². The molecule has 0 aliphatic rings. The normalized spacial score (nSPS) is 11.8. The summed E-state index contributed by atoms with van der Waals surface area (Å²) in [6.45, 7) is 1.74. The third kappa shape index (κ3) is 5.51. The lowest BCUT2D eigenvalue weighted by atomic mass is 10.0. The quantitative estimate of drug-likeness (QED) is 0.322. The lowest BCUT2D eigenvalue weighted by Gasteiger charge is -2.11. The van der Waals surface area contributed by atoms with Crippen molar-refractivity contribution in [1.29, 1.82) is 0 Å². The zero-order chi connectivity index (χ0) is 22.2. The molecule has 0 amide bonds. The number of hydrogen-bond donors (Lipinski definition) is 0. The average Bonchev–Trinajstić information content (AvgIpc) is 2.79. The first-order chi connectivity index (χ1) is 15.0. The molecule has 6 nitrogen and oxygen atoms in total. The first-order valence-corrected chi connectivity index (χ1v) is 9.64. The minimum absolute atomic E-state index is 0.217. The van der Waals surface area contributed by atoms with Crippen molar-refractivity contribution >= 4 is 23.2 Å². The number of carboxylic acids is 1. The number of methoxy groups -OCH3 is 1. The molecule has 6 heteroatoms. The SMILES string of the molecule is COc1ccc(/C(C)=N\N=C(/C(=O)c2ccccc2)c2ccccc2)cc1CC(=O)[O-]. The van der Waals surface area contributed by atoms with Gasteiger partial charge in [-0.2, -0.15) is 5.10 Å². The molecule has 0 aliphatic heterocycles. The second kappa shape index (κ2) is 10.1. The van der Waals surface area contributed by atoms with E-state index in [-0.39, 0.29) is 17.9 Å². The number of benzene rings is 3. The predicted octanol–water partition coefficient (Wildman–Crippen LogP) is 3.08. The number of ketones is 1. The maximum Gasteiger partial charge on any atom is 0.213 e. The van der Waals surface area contributed by atoms with Crippen LogP contribution in [0.15, 0.2) is 89.1 Å². The molecule has 0 heterocycles. The van der Waals surface area contributed by atoms with E-state index in [2.05, 4.69) is 10.2 Å². The molecule has 156 valence electrons. The molecule has 0 bridgehead atoms. The Morgan fingerprint density at radius 2 is 1.45 bits per heavy atom. The molecule has 0 saturated heterocycles. The lowest BCUT2D eigenvalue weighted by molar-refractivity contribution is -0.304. The van der Waals surface area contributed by atoms with Crippen LogP contribution >= 0.6 is 0 Å². The van der Waals surface area contributed by atoms with Gasteiger partial charge in [-0.25, -0.2) is 0 Å². The van der Waals surface area contributed by atoms with Crippen LogP contribution in [0.5, 0.6) is 5.75 Å². The molecule has 0 atom stereocenters. The van der Waals surface area contributed by atoms with Crippen molar-refractivity contribution in [2.45, 2.75) is 13.3 Å². The van der Waals surface area contributed by atoms with Crippen LogP contribution in [0.3, 0.4) is 0 Å². The van der Waals surface area contributed by atoms with Gasteiger partial charge in [0.05, 0.1) is 12.8 Å². The molecule has 0 radical (unpaired) electrons. The molecule has 0 saturated carbocycles. The number of Topliss-reactive ketones (excluding diaryl/α,β-unsaturated/α-hetero) is 1. The van der Waals surface area contributed by atoms with Crippen LogP contribution in [0.1, 0.15) is 34.0 Å². The van der Waals surface area contributed by atoms with Gasteiger partial charge in [-0.3, -0.25) is 4.79 Å². The molecular formula is C25H21N2O4-. The van der Waals surface area contributed by atoms with Crippen molar-refractivity contribution < 1.29 is 19.4 Å². The van der Waals surface area contributed by atoms with Gasteiger partial charge in [0, 0.05) is 29.1 Å². The zero-order valence-corrected chi connectivity index (χ0v) is 17.2. The van der Waals surface area contributed by atoms with Crippen molar-refractivity contribution in [3.63, 3.8) is 0 Å². The number of ether oxygens (including phenoxy) is 1. The van der Waals surface area contributed by atoms with Crippen LogP contribution in [0, 0.1) is 0 Å². The van der Waals surface area contributed by atoms with E-state index >= 15 is 0 Å². The molecule has 0 aliphatic carbocycles. The number of aliphatic carboxylic acids is 1. The van der Waals surface area contributed by atoms with Crippen molar-refractivity contribution in [3.8, 4) is 5.75 Å². The number of carbonyl (C=O) groups is 2. The molecule has 3 aromatic rings. The van der Waals surface area contributed by atoms with Gasteiger partial charge in [0.1, 0.15) is 11.5 Å². The Morgan fingerprint density at radius 1 is 0.839 bits per heavy atom. The first-order valence-electron chi connectivity index (χ1n) is 9.64. The fourth-order valence-corrected chi connectivity index (χ4v) is 3.04. The highest BCUT2D eigenvalue weighted by Gasteiger charge is 2.16. The highest BCUT2D eigenvalue weighted by atomic mass is 16.5. The molecule has 3 aromatic carbocycles. The van der Waals surface area contributed by atoms with Gasteiger partial charge >= 0.3 is 0 Å². The maximum atomic E-state index is 13.1. The van der Waals surface area contributed by atoms with E-state index < -0.39 is 5.97 Å². The van der Waals surface area contributed by atoms with Crippen LogP contribution in [0.2, 0.25) is 0 Å². The fourth-order valence-electron chi connectivity index (χ4n) is 3.04. The van der Waals surface area contributed by atoms with E-state index in [4.69, 9.17) is 4.74 Å². The molecule has 0 fully saturated rings. The van der Waals surface area contributed by atoms with Crippen LogP contribution in [-0.4, -0.2) is 30.3 Å². The van der Waals surface area contributed by atoms with Crippen LogP contribution in [-0.2, 0) is 11.2 Å². The highest BCUT2D eigenvalue weighted by molar-refractivity contribution is 6.51. The molecule has 0 unspecified atom stereocenters. The van der Waals surface area contributed by atoms with Crippen LogP contribution in [0.25, 0.3) is 0 Å². The fraction of sp³-hybridized carbons (Fsp3) is 0.120. The van der Waals surface area contributed by atoms with Crippen molar-refractivity contribution in [2.24, 2.45) is 10.2 Å². The Balaban J connectivity index is 2.01. The smallest absolute Gasteiger partial charge is 0.213 e. The maximum absolute atomic E-state index is 13.1. The summed E-state index contributed by atoms with van der Waals surface area (Å²) >= 11 is 0. The van der Waals surface area contributed by atoms with E-state index in [1.54, 1.807) is 61.5 Å². The monoisotopic (exact) mass is 413 g/mol. The molecule has 0 spiro atoms. The van der Waals surface area contributed by atoms with Gasteiger partial charge < -0.3 is 14.6 Å². The van der Waals surface area contributed by atoms with Crippen molar-refractivity contribution in [1.82, 2.24) is 0 Å². The Labute approximate surface area is 180 Å². The third-order valence-corrected chi connectivity index (χ3v) is 4.63. The van der Waals surface area contributed by atoms with Crippen molar-refractivity contribution in [3.05, 3.63) is 101 Å². The van der Waals surface area contributed by atoms with Crippen LogP contribution in [0.4, 0.5) is 0 Å². The summed E-state index contributed by atoms with van der Waals surface area (Å²) in [6, 6.07) is 23.1. The average molecular weight is 413 g/mol. The molecule has 0 N–H and O–H groups in total. The molecule has 0 aromatic heterocycles. The Kier molecular flexibility index (Phi) is 7.06. The van der Waals surface area contributed by atoms with Gasteiger partial charge in [-0.05, 0) is 30.7 Å². The summed E-state index contributed by atoms with van der Waals surface area (Å²) in [6.07, 6.45) is -0.282. The Morgan fingerprint density at radius 3 is 2.03 bits per heavy atom.